The molecule has 6 aromatic rings. The van der Waals surface area contributed by atoms with Gasteiger partial charge in [0.15, 0.2) is 0 Å². The third-order valence-corrected chi connectivity index (χ3v) is 10.3. The minimum atomic E-state index is -4.71. The number of rotatable bonds is 11. The van der Waals surface area contributed by atoms with Crippen molar-refractivity contribution in [3.8, 4) is 22.9 Å². The zero-order valence-corrected chi connectivity index (χ0v) is 35.0. The molecule has 0 radical (unpaired) electrons. The molecule has 2 aliphatic heterocycles. The largest absolute Gasteiger partial charge is 0.470 e. The van der Waals surface area contributed by atoms with Gasteiger partial charge in [-0.1, -0.05) is 74.5 Å². The molecule has 2 fully saturated rings. The molecule has 13 nitrogen and oxygen atoms in total. The van der Waals surface area contributed by atoms with Crippen molar-refractivity contribution >= 4 is 41.5 Å². The Morgan fingerprint density at radius 1 is 0.625 bits per heavy atom. The van der Waals surface area contributed by atoms with Gasteiger partial charge in [0, 0.05) is 54.6 Å². The lowest BCUT2D eigenvalue weighted by Crippen LogP contribution is -2.57. The highest BCUT2D eigenvalue weighted by molar-refractivity contribution is 5.97. The average molecular weight is 911 g/mol. The molecule has 64 heavy (non-hydrogen) atoms. The van der Waals surface area contributed by atoms with Gasteiger partial charge in [0.2, 0.25) is 29.5 Å². The molecule has 0 spiro atoms. The Morgan fingerprint density at radius 2 is 1.02 bits per heavy atom. The molecule has 4 aromatic carbocycles. The van der Waals surface area contributed by atoms with E-state index >= 15 is 0 Å². The third kappa shape index (κ3) is 11.1. The van der Waals surface area contributed by atoms with Gasteiger partial charge >= 0.3 is 24.1 Å². The van der Waals surface area contributed by atoms with E-state index in [1.54, 1.807) is 63.2 Å². The molecule has 4 heterocycles. The highest BCUT2D eigenvalue weighted by Crippen LogP contribution is 2.33. The number of halogens is 7. The Kier molecular flexibility index (Phi) is 14.5. The maximum Gasteiger partial charge on any atom is 0.470 e. The van der Waals surface area contributed by atoms with E-state index in [9.17, 15) is 40.7 Å². The highest BCUT2D eigenvalue weighted by atomic mass is 35.5. The lowest BCUT2D eigenvalue weighted by atomic mass is 9.96. The molecule has 2 aromatic heterocycles. The number of hydrogen-bond donors (Lipinski definition) is 1. The number of anilines is 2. The van der Waals surface area contributed by atoms with E-state index in [2.05, 4.69) is 25.7 Å². The van der Waals surface area contributed by atoms with Gasteiger partial charge in [0.1, 0.15) is 0 Å². The van der Waals surface area contributed by atoms with Crippen LogP contribution in [0.3, 0.4) is 0 Å². The molecule has 2 aliphatic rings. The Balaban J connectivity index is 0.000000212. The van der Waals surface area contributed by atoms with Gasteiger partial charge in [-0.25, -0.2) is 0 Å². The third-order valence-electron chi connectivity index (χ3n) is 10.3. The van der Waals surface area contributed by atoms with Gasteiger partial charge in [-0.3, -0.25) is 14.4 Å². The van der Waals surface area contributed by atoms with Crippen molar-refractivity contribution in [3.05, 3.63) is 132 Å². The fraction of sp³-hybridized carbons (Fsp3) is 0.295. The molecule has 1 N–H and O–H groups in total. The van der Waals surface area contributed by atoms with Crippen molar-refractivity contribution in [1.82, 2.24) is 30.6 Å². The maximum atomic E-state index is 13.3. The van der Waals surface area contributed by atoms with Crippen LogP contribution in [-0.2, 0) is 39.8 Å². The topological polar surface area (TPSA) is 151 Å². The van der Waals surface area contributed by atoms with E-state index in [0.29, 0.717) is 43.9 Å². The summed E-state index contributed by atoms with van der Waals surface area (Å²) < 4.78 is 85.4. The lowest BCUT2D eigenvalue weighted by Gasteiger charge is -2.41. The van der Waals surface area contributed by atoms with Crippen molar-refractivity contribution in [2.45, 2.75) is 39.3 Å². The number of nitrogens with one attached hydrogen (secondary N) is 1. The number of para-hydroxylation sites is 2. The predicted octanol–water partition coefficient (Wildman–Crippen LogP) is 8.33. The number of aromatic nitrogens is 4. The van der Waals surface area contributed by atoms with Crippen LogP contribution in [0.15, 0.2) is 118 Å². The second-order valence-corrected chi connectivity index (χ2v) is 15.2. The van der Waals surface area contributed by atoms with Gasteiger partial charge in [0.25, 0.3) is 0 Å². The smallest absolute Gasteiger partial charge is 0.413 e. The van der Waals surface area contributed by atoms with Crippen LogP contribution in [0.5, 0.6) is 0 Å². The molecule has 2 saturated heterocycles. The fourth-order valence-corrected chi connectivity index (χ4v) is 6.67. The lowest BCUT2D eigenvalue weighted by molar-refractivity contribution is -0.157. The van der Waals surface area contributed by atoms with Gasteiger partial charge in [0.05, 0.1) is 24.9 Å². The minimum Gasteiger partial charge on any atom is -0.413 e. The number of nitrogens with zero attached hydrogens (tertiary/aromatic N) is 7. The first kappa shape index (κ1) is 46.9. The number of amides is 3. The summed E-state index contributed by atoms with van der Waals surface area (Å²) in [7, 11) is 0. The molecule has 0 saturated carbocycles. The molecule has 0 unspecified atom stereocenters. The van der Waals surface area contributed by atoms with Crippen LogP contribution in [0.1, 0.15) is 36.8 Å². The average Bonchev–Trinajstić information content (AvgIpc) is 3.94. The van der Waals surface area contributed by atoms with E-state index in [0.717, 1.165) is 22.5 Å². The second kappa shape index (κ2) is 19.8. The molecule has 0 bridgehead atoms. The first-order valence-electron chi connectivity index (χ1n) is 19.8. The zero-order valence-electron chi connectivity index (χ0n) is 34.2. The Bertz CT molecular complexity index is 2490. The highest BCUT2D eigenvalue weighted by Gasteiger charge is 2.40. The number of likely N-dealkylation sites (tertiary alicyclic amines) is 1. The van der Waals surface area contributed by atoms with Crippen molar-refractivity contribution in [1.29, 1.82) is 0 Å². The summed E-state index contributed by atoms with van der Waals surface area (Å²) in [6, 6.07) is 31.7. The molecule has 336 valence electrons. The van der Waals surface area contributed by atoms with E-state index in [1.807, 2.05) is 74.5 Å². The monoisotopic (exact) mass is 910 g/mol. The molecule has 20 heteroatoms. The quantitative estimate of drug-likeness (QED) is 0.126. The van der Waals surface area contributed by atoms with Gasteiger partial charge in [-0.15, -0.1) is 32.8 Å². The second-order valence-electron chi connectivity index (χ2n) is 15.2. The summed E-state index contributed by atoms with van der Waals surface area (Å²) in [5.74, 6) is -3.73. The Hall–Kier alpha value is -6.60. The molecule has 3 amide bonds. The van der Waals surface area contributed by atoms with Gasteiger partial charge in [-0.2, -0.15) is 26.3 Å². The van der Waals surface area contributed by atoms with Gasteiger partial charge in [-0.05, 0) is 59.7 Å². The Labute approximate surface area is 368 Å². The number of hydrogen-bond acceptors (Lipinski definition) is 10. The summed E-state index contributed by atoms with van der Waals surface area (Å²) in [6.45, 7) is 6.34. The number of benzene rings is 4. The van der Waals surface area contributed by atoms with Crippen molar-refractivity contribution < 1.29 is 49.6 Å². The van der Waals surface area contributed by atoms with Crippen LogP contribution in [0.4, 0.5) is 37.7 Å². The first-order chi connectivity index (χ1) is 30.0. The standard InChI is InChI=1S/C24H23F3N4O3.C20H17F3N4O2.ClH/c1-15(2)21(32)30-13-18(14-30)22(33)31(19-6-4-3-5-7-19)12-16-8-10-17(11-9-16)20-28-29-23(34-20)24(25,26)27;21-20(22,23)19-26-25-17(29-19)14-8-6-13(7-9-14)12-27(16-4-2-1-3-5-16)18(28)15-10-24-11-15;/h3-11,15,18H,12-14H2,1-2H3;1-9,15,24H,10-12H2;1H. The van der Waals surface area contributed by atoms with Crippen molar-refractivity contribution in [3.63, 3.8) is 0 Å². The molecular weight excluding hydrogens is 870 g/mol. The van der Waals surface area contributed by atoms with E-state index in [-0.39, 0.29) is 66.2 Å². The van der Waals surface area contributed by atoms with Crippen molar-refractivity contribution in [2.24, 2.45) is 17.8 Å². The van der Waals surface area contributed by atoms with Crippen LogP contribution in [0.2, 0.25) is 0 Å². The summed E-state index contributed by atoms with van der Waals surface area (Å²) >= 11 is 0. The van der Waals surface area contributed by atoms with Crippen LogP contribution < -0.4 is 15.1 Å². The zero-order chi connectivity index (χ0) is 44.9. The number of carbonyl (C=O) groups excluding carboxylic acids is 3. The maximum absolute atomic E-state index is 13.3. The summed E-state index contributed by atoms with van der Waals surface area (Å²) in [4.78, 5) is 43.4. The number of carbonyl (C=O) groups is 3. The van der Waals surface area contributed by atoms with Crippen molar-refractivity contribution in [2.75, 3.05) is 36.0 Å². The van der Waals surface area contributed by atoms with E-state index in [4.69, 9.17) is 8.83 Å². The normalized spacial score (nSPS) is 14.1. The molecule has 0 atom stereocenters. The summed E-state index contributed by atoms with van der Waals surface area (Å²) in [5.41, 5.74) is 3.82. The minimum absolute atomic E-state index is 0. The first-order valence-corrected chi connectivity index (χ1v) is 19.8. The molecular formula is C44H41ClF6N8O5. The van der Waals surface area contributed by atoms with Crippen LogP contribution in [0.25, 0.3) is 22.9 Å². The van der Waals surface area contributed by atoms with E-state index in [1.165, 1.54) is 0 Å². The molecule has 0 aliphatic carbocycles. The fourth-order valence-electron chi connectivity index (χ4n) is 6.67. The Morgan fingerprint density at radius 3 is 1.34 bits per heavy atom. The SMILES string of the molecule is CC(C)C(=O)N1CC(C(=O)N(Cc2ccc(-c3nnc(C(F)(F)F)o3)cc2)c2ccccc2)C1.Cl.O=C(C1CNC1)N(Cc1ccc(-c2nnc(C(F)(F)F)o2)cc1)c1ccccc1. The van der Waals surface area contributed by atoms with Crippen LogP contribution in [-0.4, -0.2) is 69.2 Å². The van der Waals surface area contributed by atoms with E-state index < -0.39 is 24.1 Å². The van der Waals surface area contributed by atoms with Crippen LogP contribution >= 0.6 is 12.4 Å². The van der Waals surface area contributed by atoms with Gasteiger partial charge < -0.3 is 28.9 Å². The molecule has 8 rings (SSSR count). The summed E-state index contributed by atoms with van der Waals surface area (Å²) in [6.07, 6.45) is -9.39. The number of alkyl halides is 6. The predicted molar refractivity (Wildman–Crippen MR) is 223 cm³/mol. The van der Waals surface area contributed by atoms with Crippen LogP contribution in [0, 0.1) is 17.8 Å². The summed E-state index contributed by atoms with van der Waals surface area (Å²) in [5, 5.41) is 16.1.